The van der Waals surface area contributed by atoms with Crippen molar-refractivity contribution >= 4 is 21.7 Å². The maximum Gasteiger partial charge on any atom is 0.416 e. The van der Waals surface area contributed by atoms with E-state index >= 15 is 0 Å². The zero-order chi connectivity index (χ0) is 11.9. The summed E-state index contributed by atoms with van der Waals surface area (Å²) in [6.07, 6.45) is -3.24. The highest BCUT2D eigenvalue weighted by atomic mass is 79.9. The summed E-state index contributed by atoms with van der Waals surface area (Å²) in [5, 5.41) is 0. The zero-order valence-corrected chi connectivity index (χ0v) is 9.78. The van der Waals surface area contributed by atoms with Crippen molar-refractivity contribution < 1.29 is 18.0 Å². The van der Waals surface area contributed by atoms with Crippen molar-refractivity contribution in [2.75, 3.05) is 0 Å². The molecule has 1 aliphatic rings. The first-order chi connectivity index (χ1) is 7.39. The number of hydrogen-bond acceptors (Lipinski definition) is 1. The molecule has 0 saturated carbocycles. The fourth-order valence-electron chi connectivity index (χ4n) is 1.97. The van der Waals surface area contributed by atoms with Gasteiger partial charge >= 0.3 is 6.18 Å². The molecule has 0 bridgehead atoms. The summed E-state index contributed by atoms with van der Waals surface area (Å²) >= 11 is 3.01. The molecule has 0 heterocycles. The van der Waals surface area contributed by atoms with Crippen LogP contribution in [0.1, 0.15) is 34.3 Å². The second-order valence-corrected chi connectivity index (χ2v) is 4.67. The Morgan fingerprint density at radius 2 is 1.88 bits per heavy atom. The molecule has 16 heavy (non-hydrogen) atoms. The summed E-state index contributed by atoms with van der Waals surface area (Å²) in [5.74, 6) is -0.201. The Morgan fingerprint density at radius 3 is 2.50 bits per heavy atom. The maximum atomic E-state index is 12.8. The lowest BCUT2D eigenvalue weighted by Gasteiger charge is -2.20. The molecule has 0 atom stereocenters. The quantitative estimate of drug-likeness (QED) is 0.707. The van der Waals surface area contributed by atoms with Gasteiger partial charge in [0, 0.05) is 16.5 Å². The fourth-order valence-corrected chi connectivity index (χ4v) is 2.43. The van der Waals surface area contributed by atoms with Gasteiger partial charge in [0.1, 0.15) is 0 Å². The second kappa shape index (κ2) is 3.87. The van der Waals surface area contributed by atoms with Crippen molar-refractivity contribution in [3.63, 3.8) is 0 Å². The van der Waals surface area contributed by atoms with E-state index in [1.165, 1.54) is 6.07 Å². The summed E-state index contributed by atoms with van der Waals surface area (Å²) in [6.45, 7) is 0. The number of fused-ring (bicyclic) bond motifs is 1. The van der Waals surface area contributed by atoms with Crippen LogP contribution in [-0.2, 0) is 12.6 Å². The smallest absolute Gasteiger partial charge is 0.294 e. The predicted molar refractivity (Wildman–Crippen MR) is 56.4 cm³/mol. The number of ketones is 1. The summed E-state index contributed by atoms with van der Waals surface area (Å²) in [4.78, 5) is 11.5. The fraction of sp³-hybridized carbons (Fsp3) is 0.364. The number of hydrogen-bond donors (Lipinski definition) is 0. The molecular formula is C11H8BrF3O. The monoisotopic (exact) mass is 292 g/mol. The van der Waals surface area contributed by atoms with E-state index < -0.39 is 11.7 Å². The number of rotatable bonds is 0. The largest absolute Gasteiger partial charge is 0.416 e. The molecule has 0 aliphatic heterocycles. The highest BCUT2D eigenvalue weighted by molar-refractivity contribution is 9.10. The van der Waals surface area contributed by atoms with Crippen molar-refractivity contribution in [3.8, 4) is 0 Å². The van der Waals surface area contributed by atoms with Gasteiger partial charge in [-0.15, -0.1) is 0 Å². The van der Waals surface area contributed by atoms with E-state index in [4.69, 9.17) is 0 Å². The summed E-state index contributed by atoms with van der Waals surface area (Å²) in [7, 11) is 0. The molecule has 1 aliphatic carbocycles. The van der Waals surface area contributed by atoms with Crippen LogP contribution in [0, 0.1) is 0 Å². The van der Waals surface area contributed by atoms with E-state index in [2.05, 4.69) is 15.9 Å². The van der Waals surface area contributed by atoms with Gasteiger partial charge in [-0.2, -0.15) is 13.2 Å². The molecule has 1 aromatic rings. The van der Waals surface area contributed by atoms with Crippen LogP contribution < -0.4 is 0 Å². The average molecular weight is 293 g/mol. The first kappa shape index (κ1) is 11.6. The van der Waals surface area contributed by atoms with Crippen molar-refractivity contribution in [3.05, 3.63) is 33.3 Å². The Hall–Kier alpha value is -0.840. The Labute approximate surface area is 98.8 Å². The van der Waals surface area contributed by atoms with E-state index in [0.717, 1.165) is 6.07 Å². The molecule has 5 heteroatoms. The molecule has 0 amide bonds. The molecule has 0 fully saturated rings. The summed E-state index contributed by atoms with van der Waals surface area (Å²) < 4.78 is 38.6. The van der Waals surface area contributed by atoms with Gasteiger partial charge in [-0.05, 0) is 30.5 Å². The third-order valence-electron chi connectivity index (χ3n) is 2.65. The van der Waals surface area contributed by atoms with Gasteiger partial charge in [-0.1, -0.05) is 15.9 Å². The van der Waals surface area contributed by atoms with Crippen LogP contribution in [0.5, 0.6) is 0 Å². The van der Waals surface area contributed by atoms with Crippen molar-refractivity contribution in [1.82, 2.24) is 0 Å². The van der Waals surface area contributed by atoms with Crippen molar-refractivity contribution in [1.29, 1.82) is 0 Å². The number of carbonyl (C=O) groups excluding carboxylic acids is 1. The van der Waals surface area contributed by atoms with E-state index in [1.54, 1.807) is 0 Å². The normalized spacial score (nSPS) is 16.1. The van der Waals surface area contributed by atoms with Crippen LogP contribution in [0.2, 0.25) is 0 Å². The summed E-state index contributed by atoms with van der Waals surface area (Å²) in [5.41, 5.74) is -0.329. The Balaban J connectivity index is 2.67. The predicted octanol–water partition coefficient (Wildman–Crippen LogP) is 3.99. The van der Waals surface area contributed by atoms with Crippen molar-refractivity contribution in [2.45, 2.75) is 25.4 Å². The zero-order valence-electron chi connectivity index (χ0n) is 8.20. The number of carbonyl (C=O) groups is 1. The molecule has 1 aromatic carbocycles. The Bertz CT molecular complexity index is 451. The van der Waals surface area contributed by atoms with Crippen LogP contribution in [-0.4, -0.2) is 5.78 Å². The number of alkyl halides is 3. The van der Waals surface area contributed by atoms with Crippen LogP contribution in [0.15, 0.2) is 16.6 Å². The van der Waals surface area contributed by atoms with E-state index in [-0.39, 0.29) is 16.9 Å². The molecule has 0 unspecified atom stereocenters. The lowest BCUT2D eigenvalue weighted by Crippen LogP contribution is -2.18. The first-order valence-electron chi connectivity index (χ1n) is 4.82. The molecule has 0 aromatic heterocycles. The third-order valence-corrected chi connectivity index (χ3v) is 3.11. The van der Waals surface area contributed by atoms with Crippen LogP contribution in [0.25, 0.3) is 0 Å². The van der Waals surface area contributed by atoms with Gasteiger partial charge in [0.15, 0.2) is 5.78 Å². The number of benzene rings is 1. The third kappa shape index (κ3) is 2.00. The molecule has 86 valence electrons. The number of Topliss-reactive ketones (excluding diaryl/α,β-unsaturated/α-hetero) is 1. The van der Waals surface area contributed by atoms with Crippen LogP contribution in [0.3, 0.4) is 0 Å². The van der Waals surface area contributed by atoms with E-state index in [9.17, 15) is 18.0 Å². The second-order valence-electron chi connectivity index (χ2n) is 3.75. The van der Waals surface area contributed by atoms with Crippen molar-refractivity contribution in [2.24, 2.45) is 0 Å². The van der Waals surface area contributed by atoms with Gasteiger partial charge in [-0.3, -0.25) is 4.79 Å². The van der Waals surface area contributed by atoms with E-state index in [1.807, 2.05) is 0 Å². The lowest BCUT2D eigenvalue weighted by molar-refractivity contribution is -0.138. The minimum absolute atomic E-state index is 0.145. The van der Waals surface area contributed by atoms with Crippen LogP contribution in [0.4, 0.5) is 13.2 Å². The van der Waals surface area contributed by atoms with Gasteiger partial charge < -0.3 is 0 Å². The molecule has 1 nitrogen and oxygen atoms in total. The lowest BCUT2D eigenvalue weighted by atomic mass is 9.87. The summed E-state index contributed by atoms with van der Waals surface area (Å²) in [6, 6.07) is 2.52. The highest BCUT2D eigenvalue weighted by Gasteiger charge is 2.36. The minimum Gasteiger partial charge on any atom is -0.294 e. The molecular weight excluding hydrogens is 285 g/mol. The van der Waals surface area contributed by atoms with Gasteiger partial charge in [-0.25, -0.2) is 0 Å². The van der Waals surface area contributed by atoms with Gasteiger partial charge in [0.2, 0.25) is 0 Å². The molecule has 2 rings (SSSR count). The average Bonchev–Trinajstić information content (AvgIpc) is 2.17. The standard InChI is InChI=1S/C11H8BrF3O/c12-6-4-8-7(2-1-3-10(8)16)9(5-6)11(13,14)15/h4-5H,1-3H2. The van der Waals surface area contributed by atoms with Gasteiger partial charge in [0.05, 0.1) is 5.56 Å². The molecule has 0 saturated heterocycles. The van der Waals surface area contributed by atoms with E-state index in [0.29, 0.717) is 23.7 Å². The Morgan fingerprint density at radius 1 is 1.19 bits per heavy atom. The minimum atomic E-state index is -4.40. The molecule has 0 N–H and O–H groups in total. The Kier molecular flexibility index (Phi) is 2.82. The van der Waals surface area contributed by atoms with Gasteiger partial charge in [0.25, 0.3) is 0 Å². The molecule has 0 radical (unpaired) electrons. The SMILES string of the molecule is O=C1CCCc2c1cc(Br)cc2C(F)(F)F. The maximum absolute atomic E-state index is 12.8. The topological polar surface area (TPSA) is 17.1 Å². The highest BCUT2D eigenvalue weighted by Crippen LogP contribution is 2.38. The number of halogens is 4. The molecule has 0 spiro atoms. The first-order valence-corrected chi connectivity index (χ1v) is 5.61. The van der Waals surface area contributed by atoms with Crippen LogP contribution >= 0.6 is 15.9 Å².